The van der Waals surface area contributed by atoms with Crippen molar-refractivity contribution in [2.75, 3.05) is 14.1 Å². The molecule has 1 atom stereocenters. The lowest BCUT2D eigenvalue weighted by molar-refractivity contribution is 0.370. The zero-order chi connectivity index (χ0) is 10.7. The van der Waals surface area contributed by atoms with Crippen LogP contribution in [0.2, 0.25) is 0 Å². The number of thiocarbonyl (C=S) groups is 1. The van der Waals surface area contributed by atoms with E-state index in [1.807, 2.05) is 31.1 Å². The van der Waals surface area contributed by atoms with Gasteiger partial charge in [0.15, 0.2) is 0 Å². The summed E-state index contributed by atoms with van der Waals surface area (Å²) in [4.78, 5) is 2.55. The first kappa shape index (κ1) is 11.1. The molecule has 3 heteroatoms. The highest BCUT2D eigenvalue weighted by molar-refractivity contribution is 7.80. The maximum absolute atomic E-state index is 5.73. The van der Waals surface area contributed by atoms with Gasteiger partial charge >= 0.3 is 0 Å². The fourth-order valence-electron chi connectivity index (χ4n) is 1.58. The van der Waals surface area contributed by atoms with Gasteiger partial charge in [0.1, 0.15) is 0 Å². The topological polar surface area (TPSA) is 29.3 Å². The van der Waals surface area contributed by atoms with Gasteiger partial charge < -0.3 is 5.73 Å². The molecule has 0 saturated heterocycles. The molecule has 14 heavy (non-hydrogen) atoms. The van der Waals surface area contributed by atoms with E-state index in [1.165, 1.54) is 11.1 Å². The molecule has 1 aromatic carbocycles. The Morgan fingerprint density at radius 2 is 1.93 bits per heavy atom. The maximum atomic E-state index is 5.73. The summed E-state index contributed by atoms with van der Waals surface area (Å²) in [5, 5.41) is 0. The number of aryl methyl sites for hydroxylation is 1. The Hall–Kier alpha value is -0.930. The molecule has 0 bridgehead atoms. The van der Waals surface area contributed by atoms with Crippen LogP contribution in [0.1, 0.15) is 17.2 Å². The number of hydrogen-bond donors (Lipinski definition) is 1. The van der Waals surface area contributed by atoms with E-state index < -0.39 is 0 Å². The van der Waals surface area contributed by atoms with Gasteiger partial charge in [-0.15, -0.1) is 0 Å². The van der Waals surface area contributed by atoms with Crippen LogP contribution >= 0.6 is 12.2 Å². The van der Waals surface area contributed by atoms with Gasteiger partial charge in [-0.3, -0.25) is 4.90 Å². The Balaban J connectivity index is 3.12. The van der Waals surface area contributed by atoms with Crippen molar-refractivity contribution in [1.82, 2.24) is 4.90 Å². The molecule has 1 aromatic rings. The second-order valence-electron chi connectivity index (χ2n) is 3.63. The van der Waals surface area contributed by atoms with Gasteiger partial charge in [0, 0.05) is 0 Å². The van der Waals surface area contributed by atoms with Crippen LogP contribution in [0.4, 0.5) is 0 Å². The molecule has 1 rings (SSSR count). The minimum Gasteiger partial charge on any atom is -0.392 e. The number of likely N-dealkylation sites (N-methyl/N-ethyl adjacent to an activating group) is 1. The normalized spacial score (nSPS) is 12.9. The standard InChI is InChI=1S/C11H16N2S/c1-8-6-4-5-7-9(8)10(11(12)14)13(2)3/h4-7,10H,1-3H3,(H2,12,14). The third-order valence-electron chi connectivity index (χ3n) is 2.27. The highest BCUT2D eigenvalue weighted by atomic mass is 32.1. The average Bonchev–Trinajstić information content (AvgIpc) is 2.07. The molecule has 2 nitrogen and oxygen atoms in total. The number of hydrogen-bond acceptors (Lipinski definition) is 2. The minimum atomic E-state index is 0.0335. The lowest BCUT2D eigenvalue weighted by Gasteiger charge is -2.24. The molecule has 0 radical (unpaired) electrons. The molecular formula is C11H16N2S. The van der Waals surface area contributed by atoms with Crippen LogP contribution in [0.5, 0.6) is 0 Å². The molecule has 0 fully saturated rings. The fourth-order valence-corrected chi connectivity index (χ4v) is 1.92. The van der Waals surface area contributed by atoms with E-state index in [4.69, 9.17) is 18.0 Å². The number of rotatable bonds is 3. The Morgan fingerprint density at radius 3 is 2.36 bits per heavy atom. The Bertz CT molecular complexity index is 334. The van der Waals surface area contributed by atoms with E-state index in [9.17, 15) is 0 Å². The SMILES string of the molecule is Cc1ccccc1C(C(N)=S)N(C)C. The van der Waals surface area contributed by atoms with Gasteiger partial charge in [0.05, 0.1) is 11.0 Å². The number of nitrogens with zero attached hydrogens (tertiary/aromatic N) is 1. The molecule has 0 aromatic heterocycles. The van der Waals surface area contributed by atoms with Gasteiger partial charge in [-0.25, -0.2) is 0 Å². The molecule has 0 amide bonds. The van der Waals surface area contributed by atoms with E-state index in [2.05, 4.69) is 19.1 Å². The lowest BCUT2D eigenvalue weighted by atomic mass is 10.0. The number of benzene rings is 1. The van der Waals surface area contributed by atoms with E-state index in [-0.39, 0.29) is 6.04 Å². The van der Waals surface area contributed by atoms with Gasteiger partial charge in [-0.1, -0.05) is 36.5 Å². The van der Waals surface area contributed by atoms with Crippen molar-refractivity contribution in [2.24, 2.45) is 5.73 Å². The lowest BCUT2D eigenvalue weighted by Crippen LogP contribution is -2.31. The van der Waals surface area contributed by atoms with Gasteiger partial charge in [0.25, 0.3) is 0 Å². The number of nitrogens with two attached hydrogens (primary N) is 1. The van der Waals surface area contributed by atoms with Crippen LogP contribution < -0.4 is 5.73 Å². The molecule has 0 spiro atoms. The van der Waals surface area contributed by atoms with Crippen molar-refractivity contribution < 1.29 is 0 Å². The molecule has 0 aliphatic heterocycles. The van der Waals surface area contributed by atoms with Gasteiger partial charge in [0.2, 0.25) is 0 Å². The molecule has 0 aliphatic rings. The summed E-state index contributed by atoms with van der Waals surface area (Å²) in [5.74, 6) is 0. The van der Waals surface area contributed by atoms with Crippen molar-refractivity contribution in [3.8, 4) is 0 Å². The summed E-state index contributed by atoms with van der Waals surface area (Å²) in [7, 11) is 3.96. The van der Waals surface area contributed by atoms with Crippen molar-refractivity contribution in [3.63, 3.8) is 0 Å². The monoisotopic (exact) mass is 208 g/mol. The Kier molecular flexibility index (Phi) is 3.61. The summed E-state index contributed by atoms with van der Waals surface area (Å²) < 4.78 is 0. The largest absolute Gasteiger partial charge is 0.392 e. The van der Waals surface area contributed by atoms with Crippen LogP contribution in [0.15, 0.2) is 24.3 Å². The van der Waals surface area contributed by atoms with Crippen molar-refractivity contribution in [2.45, 2.75) is 13.0 Å². The molecule has 76 valence electrons. The van der Waals surface area contributed by atoms with Crippen LogP contribution in [0.3, 0.4) is 0 Å². The average molecular weight is 208 g/mol. The molecule has 2 N–H and O–H groups in total. The molecular weight excluding hydrogens is 192 g/mol. The van der Waals surface area contributed by atoms with Gasteiger partial charge in [-0.05, 0) is 32.1 Å². The van der Waals surface area contributed by atoms with E-state index in [1.54, 1.807) is 0 Å². The predicted molar refractivity (Wildman–Crippen MR) is 64.4 cm³/mol. The van der Waals surface area contributed by atoms with Crippen molar-refractivity contribution >= 4 is 17.2 Å². The van der Waals surface area contributed by atoms with E-state index in [0.717, 1.165) is 0 Å². The zero-order valence-corrected chi connectivity index (χ0v) is 9.64. The summed E-state index contributed by atoms with van der Waals surface area (Å²) in [6.45, 7) is 2.07. The van der Waals surface area contributed by atoms with Crippen molar-refractivity contribution in [3.05, 3.63) is 35.4 Å². The third kappa shape index (κ3) is 2.30. The predicted octanol–water partition coefficient (Wildman–Crippen LogP) is 1.88. The highest BCUT2D eigenvalue weighted by Gasteiger charge is 2.18. The van der Waals surface area contributed by atoms with E-state index >= 15 is 0 Å². The zero-order valence-electron chi connectivity index (χ0n) is 8.82. The summed E-state index contributed by atoms with van der Waals surface area (Å²) in [6, 6.07) is 8.21. The first-order valence-electron chi connectivity index (χ1n) is 4.55. The molecule has 0 aliphatic carbocycles. The van der Waals surface area contributed by atoms with Crippen LogP contribution in [0.25, 0.3) is 0 Å². The van der Waals surface area contributed by atoms with Crippen LogP contribution in [-0.2, 0) is 0 Å². The second kappa shape index (κ2) is 4.53. The first-order chi connectivity index (χ1) is 6.54. The molecule has 1 unspecified atom stereocenters. The fraction of sp³-hybridized carbons (Fsp3) is 0.364. The molecule has 0 heterocycles. The summed E-state index contributed by atoms with van der Waals surface area (Å²) >= 11 is 5.07. The van der Waals surface area contributed by atoms with Crippen LogP contribution in [0, 0.1) is 6.92 Å². The van der Waals surface area contributed by atoms with E-state index in [0.29, 0.717) is 4.99 Å². The maximum Gasteiger partial charge on any atom is 0.0948 e. The highest BCUT2D eigenvalue weighted by Crippen LogP contribution is 2.21. The second-order valence-corrected chi connectivity index (χ2v) is 4.10. The smallest absolute Gasteiger partial charge is 0.0948 e. The minimum absolute atomic E-state index is 0.0335. The van der Waals surface area contributed by atoms with Crippen LogP contribution in [-0.4, -0.2) is 24.0 Å². The van der Waals surface area contributed by atoms with Crippen molar-refractivity contribution in [1.29, 1.82) is 0 Å². The quantitative estimate of drug-likeness (QED) is 0.769. The van der Waals surface area contributed by atoms with Gasteiger partial charge in [-0.2, -0.15) is 0 Å². The Labute approximate surface area is 90.7 Å². The Morgan fingerprint density at radius 1 is 1.36 bits per heavy atom. The third-order valence-corrected chi connectivity index (χ3v) is 2.49. The summed E-state index contributed by atoms with van der Waals surface area (Å²) in [5.41, 5.74) is 8.13. The molecule has 0 saturated carbocycles. The first-order valence-corrected chi connectivity index (χ1v) is 4.96. The summed E-state index contributed by atoms with van der Waals surface area (Å²) in [6.07, 6.45) is 0.